The molecule has 0 saturated carbocycles. The van der Waals surface area contributed by atoms with Gasteiger partial charge in [0.2, 0.25) is 10.0 Å². The number of nitrogens with one attached hydrogen (secondary N) is 2. The average molecular weight is 204 g/mol. The third-order valence-corrected chi connectivity index (χ3v) is 2.00. The molecule has 0 heterocycles. The summed E-state index contributed by atoms with van der Waals surface area (Å²) in [6.45, 7) is 3.66. The highest BCUT2D eigenvalue weighted by atomic mass is 32.2. The first kappa shape index (κ1) is 12.4. The fourth-order valence-electron chi connectivity index (χ4n) is 0.726. The summed E-state index contributed by atoms with van der Waals surface area (Å²) in [5, 5.41) is 3.06. The number of sulfonamides is 1. The first-order chi connectivity index (χ1) is 6.06. The van der Waals surface area contributed by atoms with Gasteiger partial charge in [0.25, 0.3) is 0 Å². The van der Waals surface area contributed by atoms with Crippen LogP contribution in [0.1, 0.15) is 13.3 Å². The molecule has 0 aromatic rings. The topological polar surface area (TPSA) is 58.2 Å². The van der Waals surface area contributed by atoms with Gasteiger partial charge >= 0.3 is 0 Å². The minimum absolute atomic E-state index is 0.429. The average Bonchev–Trinajstić information content (AvgIpc) is 2.01. The Balaban J connectivity index is 3.21. The predicted octanol–water partition coefficient (Wildman–Crippen LogP) is -0.461. The van der Waals surface area contributed by atoms with Gasteiger partial charge in [0.15, 0.2) is 0 Å². The van der Waals surface area contributed by atoms with Gasteiger partial charge in [-0.2, -0.15) is 0 Å². The molecule has 0 fully saturated rings. The molecule has 0 rings (SSSR count). The third-order valence-electron chi connectivity index (χ3n) is 1.27. The van der Waals surface area contributed by atoms with E-state index in [1.165, 1.54) is 0 Å². The minimum atomic E-state index is -3.04. The van der Waals surface area contributed by atoms with Crippen LogP contribution in [0.4, 0.5) is 0 Å². The fraction of sp³-hybridized carbons (Fsp3) is 0.750. The summed E-state index contributed by atoms with van der Waals surface area (Å²) in [6, 6.07) is 0. The highest BCUT2D eigenvalue weighted by molar-refractivity contribution is 7.88. The van der Waals surface area contributed by atoms with E-state index >= 15 is 0 Å². The maximum Gasteiger partial charge on any atom is 0.208 e. The fourth-order valence-corrected chi connectivity index (χ4v) is 1.20. The Kier molecular flexibility index (Phi) is 6.59. The molecule has 0 aromatic heterocycles. The quantitative estimate of drug-likeness (QED) is 0.454. The van der Waals surface area contributed by atoms with Crippen molar-refractivity contribution in [1.82, 2.24) is 10.0 Å². The monoisotopic (exact) mass is 204 g/mol. The Bertz CT molecular complexity index is 274. The zero-order valence-corrected chi connectivity index (χ0v) is 8.87. The standard InChI is InChI=1S/C8H16N2O2S/c1-3-4-5-6-9-7-8-10-13(2,11)12/h9-10H,5-8H2,1-2H3. The third kappa shape index (κ3) is 11.4. The van der Waals surface area contributed by atoms with Gasteiger partial charge < -0.3 is 5.32 Å². The summed E-state index contributed by atoms with van der Waals surface area (Å²) in [6.07, 6.45) is 1.95. The number of hydrogen-bond donors (Lipinski definition) is 2. The van der Waals surface area contributed by atoms with Crippen LogP contribution in [0.5, 0.6) is 0 Å². The minimum Gasteiger partial charge on any atom is -0.314 e. The molecule has 0 aliphatic heterocycles. The van der Waals surface area contributed by atoms with E-state index in [1.807, 2.05) is 0 Å². The van der Waals surface area contributed by atoms with Gasteiger partial charge in [0, 0.05) is 26.1 Å². The molecule has 13 heavy (non-hydrogen) atoms. The SMILES string of the molecule is CC#CCCNCCNS(C)(=O)=O. The van der Waals surface area contributed by atoms with E-state index in [4.69, 9.17) is 0 Å². The molecular weight excluding hydrogens is 188 g/mol. The second kappa shape index (κ2) is 6.89. The molecule has 0 saturated heterocycles. The van der Waals surface area contributed by atoms with Crippen LogP contribution in [0, 0.1) is 11.8 Å². The summed E-state index contributed by atoms with van der Waals surface area (Å²) in [4.78, 5) is 0. The highest BCUT2D eigenvalue weighted by Gasteiger charge is 1.97. The molecule has 0 aliphatic carbocycles. The molecule has 0 amide bonds. The van der Waals surface area contributed by atoms with Gasteiger partial charge in [-0.25, -0.2) is 13.1 Å². The van der Waals surface area contributed by atoms with E-state index in [2.05, 4.69) is 21.9 Å². The molecule has 2 N–H and O–H groups in total. The van der Waals surface area contributed by atoms with Crippen molar-refractivity contribution in [2.24, 2.45) is 0 Å². The van der Waals surface area contributed by atoms with Crippen LogP contribution in [0.2, 0.25) is 0 Å². The molecule has 0 radical (unpaired) electrons. The van der Waals surface area contributed by atoms with Crippen LogP contribution in [-0.4, -0.2) is 34.3 Å². The number of rotatable bonds is 6. The summed E-state index contributed by atoms with van der Waals surface area (Å²) >= 11 is 0. The lowest BCUT2D eigenvalue weighted by Crippen LogP contribution is -2.31. The highest BCUT2D eigenvalue weighted by Crippen LogP contribution is 1.73. The summed E-state index contributed by atoms with van der Waals surface area (Å²) in [5.41, 5.74) is 0. The van der Waals surface area contributed by atoms with E-state index in [1.54, 1.807) is 6.92 Å². The molecule has 0 spiro atoms. The molecule has 5 heteroatoms. The van der Waals surface area contributed by atoms with Gasteiger partial charge in [-0.05, 0) is 6.92 Å². The van der Waals surface area contributed by atoms with Crippen molar-refractivity contribution in [1.29, 1.82) is 0 Å². The Morgan fingerprint density at radius 1 is 1.23 bits per heavy atom. The Morgan fingerprint density at radius 3 is 2.46 bits per heavy atom. The molecule has 0 bridgehead atoms. The van der Waals surface area contributed by atoms with Gasteiger partial charge in [-0.1, -0.05) is 0 Å². The van der Waals surface area contributed by atoms with E-state index < -0.39 is 10.0 Å². The van der Waals surface area contributed by atoms with Gasteiger partial charge in [0.05, 0.1) is 6.26 Å². The van der Waals surface area contributed by atoms with E-state index in [9.17, 15) is 8.42 Å². The Morgan fingerprint density at radius 2 is 1.92 bits per heavy atom. The van der Waals surface area contributed by atoms with E-state index in [0.717, 1.165) is 19.2 Å². The second-order valence-corrected chi connectivity index (χ2v) is 4.43. The maximum absolute atomic E-state index is 10.6. The zero-order chi connectivity index (χ0) is 10.2. The van der Waals surface area contributed by atoms with Crippen molar-refractivity contribution in [3.8, 4) is 11.8 Å². The summed E-state index contributed by atoms with van der Waals surface area (Å²) in [5.74, 6) is 5.69. The predicted molar refractivity (Wildman–Crippen MR) is 53.8 cm³/mol. The van der Waals surface area contributed by atoms with Gasteiger partial charge in [0.1, 0.15) is 0 Å². The van der Waals surface area contributed by atoms with E-state index in [0.29, 0.717) is 13.1 Å². The summed E-state index contributed by atoms with van der Waals surface area (Å²) in [7, 11) is -3.04. The lowest BCUT2D eigenvalue weighted by atomic mass is 10.4. The second-order valence-electron chi connectivity index (χ2n) is 2.59. The van der Waals surface area contributed by atoms with Crippen LogP contribution in [0.15, 0.2) is 0 Å². The van der Waals surface area contributed by atoms with Crippen molar-refractivity contribution >= 4 is 10.0 Å². The maximum atomic E-state index is 10.6. The zero-order valence-electron chi connectivity index (χ0n) is 8.05. The molecule has 4 nitrogen and oxygen atoms in total. The van der Waals surface area contributed by atoms with Crippen LogP contribution in [-0.2, 0) is 10.0 Å². The molecule has 0 unspecified atom stereocenters. The molecule has 76 valence electrons. The van der Waals surface area contributed by atoms with Crippen LogP contribution >= 0.6 is 0 Å². The van der Waals surface area contributed by atoms with Gasteiger partial charge in [-0.3, -0.25) is 0 Å². The lowest BCUT2D eigenvalue weighted by Gasteiger charge is -2.02. The first-order valence-corrected chi connectivity index (χ1v) is 6.00. The smallest absolute Gasteiger partial charge is 0.208 e. The van der Waals surface area contributed by atoms with Crippen molar-refractivity contribution in [2.75, 3.05) is 25.9 Å². The largest absolute Gasteiger partial charge is 0.314 e. The van der Waals surface area contributed by atoms with Crippen LogP contribution < -0.4 is 10.0 Å². The van der Waals surface area contributed by atoms with Crippen molar-refractivity contribution in [3.05, 3.63) is 0 Å². The van der Waals surface area contributed by atoms with Crippen molar-refractivity contribution in [3.63, 3.8) is 0 Å². The first-order valence-electron chi connectivity index (χ1n) is 4.11. The number of hydrogen-bond acceptors (Lipinski definition) is 3. The molecular formula is C8H16N2O2S. The van der Waals surface area contributed by atoms with Crippen molar-refractivity contribution < 1.29 is 8.42 Å². The van der Waals surface area contributed by atoms with E-state index in [-0.39, 0.29) is 0 Å². The Hall–Kier alpha value is -0.570. The van der Waals surface area contributed by atoms with Crippen molar-refractivity contribution in [2.45, 2.75) is 13.3 Å². The molecule has 0 atom stereocenters. The normalized spacial score (nSPS) is 10.6. The molecule has 0 aromatic carbocycles. The van der Waals surface area contributed by atoms with Gasteiger partial charge in [-0.15, -0.1) is 11.8 Å². The summed E-state index contributed by atoms with van der Waals surface area (Å²) < 4.78 is 23.6. The lowest BCUT2D eigenvalue weighted by molar-refractivity contribution is 0.582. The Labute approximate surface area is 80.2 Å². The van der Waals surface area contributed by atoms with Crippen LogP contribution in [0.25, 0.3) is 0 Å². The van der Waals surface area contributed by atoms with Crippen LogP contribution in [0.3, 0.4) is 0 Å². The molecule has 0 aliphatic rings.